The Balaban J connectivity index is 1.79. The first kappa shape index (κ1) is 16.3. The first-order valence-corrected chi connectivity index (χ1v) is 8.60. The van der Waals surface area contributed by atoms with Crippen molar-refractivity contribution < 1.29 is 0 Å². The maximum absolute atomic E-state index is 6.16. The molecule has 1 saturated carbocycles. The third kappa shape index (κ3) is 4.44. The molecule has 3 heteroatoms. The third-order valence-electron chi connectivity index (χ3n) is 5.66. The molecule has 2 N–H and O–H groups in total. The highest BCUT2D eigenvalue weighted by Crippen LogP contribution is 2.39. The Labute approximate surface area is 125 Å². The van der Waals surface area contributed by atoms with Gasteiger partial charge in [0.1, 0.15) is 0 Å². The second-order valence-electron chi connectivity index (χ2n) is 7.87. The second-order valence-corrected chi connectivity index (χ2v) is 7.87. The van der Waals surface area contributed by atoms with Crippen LogP contribution in [-0.2, 0) is 0 Å². The van der Waals surface area contributed by atoms with Gasteiger partial charge in [-0.25, -0.2) is 0 Å². The lowest BCUT2D eigenvalue weighted by molar-refractivity contribution is 0.0691. The van der Waals surface area contributed by atoms with E-state index in [4.69, 9.17) is 5.73 Å². The number of hydrogen-bond donors (Lipinski definition) is 1. The molecule has 1 aliphatic carbocycles. The van der Waals surface area contributed by atoms with Gasteiger partial charge in [-0.1, -0.05) is 19.8 Å². The summed E-state index contributed by atoms with van der Waals surface area (Å²) in [5.41, 5.74) is 6.59. The highest BCUT2D eigenvalue weighted by atomic mass is 15.1. The van der Waals surface area contributed by atoms with Crippen LogP contribution in [0.15, 0.2) is 0 Å². The molecule has 0 amide bonds. The van der Waals surface area contributed by atoms with Gasteiger partial charge >= 0.3 is 0 Å². The van der Waals surface area contributed by atoms with Crippen molar-refractivity contribution in [1.29, 1.82) is 0 Å². The normalized spacial score (nSPS) is 33.8. The van der Waals surface area contributed by atoms with Crippen molar-refractivity contribution in [2.75, 3.05) is 46.8 Å². The van der Waals surface area contributed by atoms with E-state index in [1.54, 1.807) is 0 Å². The first-order valence-electron chi connectivity index (χ1n) is 8.60. The Kier molecular flexibility index (Phi) is 5.88. The van der Waals surface area contributed by atoms with Gasteiger partial charge < -0.3 is 15.5 Å². The Hall–Kier alpha value is -0.120. The predicted octanol–water partition coefficient (Wildman–Crippen LogP) is 2.42. The maximum Gasteiger partial charge on any atom is 0.00501 e. The summed E-state index contributed by atoms with van der Waals surface area (Å²) in [4.78, 5) is 5.04. The molecule has 1 heterocycles. The van der Waals surface area contributed by atoms with E-state index in [1.807, 2.05) is 0 Å². The van der Waals surface area contributed by atoms with Crippen molar-refractivity contribution >= 4 is 0 Å². The van der Waals surface area contributed by atoms with Crippen LogP contribution in [0.4, 0.5) is 0 Å². The standard InChI is InChI=1S/C17H35N3/c1-15-4-8-17(13-18,9-5-15)14-20-10-6-16(7-11-20)12-19(2)3/h15-16H,4-14,18H2,1-3H3. The van der Waals surface area contributed by atoms with Crippen LogP contribution in [-0.4, -0.2) is 56.6 Å². The van der Waals surface area contributed by atoms with Crippen molar-refractivity contribution in [3.05, 3.63) is 0 Å². The van der Waals surface area contributed by atoms with Gasteiger partial charge in [0.2, 0.25) is 0 Å². The summed E-state index contributed by atoms with van der Waals surface area (Å²) in [6, 6.07) is 0. The van der Waals surface area contributed by atoms with Gasteiger partial charge in [-0.05, 0) is 76.7 Å². The van der Waals surface area contributed by atoms with Crippen LogP contribution in [0.25, 0.3) is 0 Å². The van der Waals surface area contributed by atoms with Crippen molar-refractivity contribution in [1.82, 2.24) is 9.80 Å². The van der Waals surface area contributed by atoms with E-state index in [9.17, 15) is 0 Å². The number of piperidine rings is 1. The zero-order chi connectivity index (χ0) is 14.6. The molecule has 3 nitrogen and oxygen atoms in total. The number of likely N-dealkylation sites (tertiary alicyclic amines) is 1. The fourth-order valence-corrected chi connectivity index (χ4v) is 4.12. The van der Waals surface area contributed by atoms with Crippen molar-refractivity contribution in [2.24, 2.45) is 23.0 Å². The molecule has 2 aliphatic rings. The van der Waals surface area contributed by atoms with E-state index in [0.29, 0.717) is 5.41 Å². The molecule has 0 aromatic carbocycles. The molecule has 2 fully saturated rings. The predicted molar refractivity (Wildman–Crippen MR) is 86.8 cm³/mol. The van der Waals surface area contributed by atoms with Crippen LogP contribution in [0.1, 0.15) is 45.4 Å². The lowest BCUT2D eigenvalue weighted by atomic mass is 9.70. The van der Waals surface area contributed by atoms with Gasteiger partial charge in [0.25, 0.3) is 0 Å². The third-order valence-corrected chi connectivity index (χ3v) is 5.66. The summed E-state index contributed by atoms with van der Waals surface area (Å²) in [7, 11) is 4.39. The van der Waals surface area contributed by atoms with Crippen LogP contribution < -0.4 is 5.73 Å². The van der Waals surface area contributed by atoms with E-state index < -0.39 is 0 Å². The van der Waals surface area contributed by atoms with Gasteiger partial charge in [-0.3, -0.25) is 0 Å². The van der Waals surface area contributed by atoms with E-state index in [-0.39, 0.29) is 0 Å². The van der Waals surface area contributed by atoms with E-state index >= 15 is 0 Å². The van der Waals surface area contributed by atoms with E-state index in [2.05, 4.69) is 30.8 Å². The van der Waals surface area contributed by atoms with Crippen molar-refractivity contribution in [2.45, 2.75) is 45.4 Å². The van der Waals surface area contributed by atoms with Gasteiger partial charge in [0, 0.05) is 13.1 Å². The summed E-state index contributed by atoms with van der Waals surface area (Å²) < 4.78 is 0. The summed E-state index contributed by atoms with van der Waals surface area (Å²) in [6.07, 6.45) is 8.21. The zero-order valence-corrected chi connectivity index (χ0v) is 13.9. The number of rotatable bonds is 5. The molecule has 1 saturated heterocycles. The molecule has 0 aromatic heterocycles. The highest BCUT2D eigenvalue weighted by Gasteiger charge is 2.35. The summed E-state index contributed by atoms with van der Waals surface area (Å²) in [5, 5.41) is 0. The van der Waals surface area contributed by atoms with Crippen LogP contribution >= 0.6 is 0 Å². The molecule has 0 atom stereocenters. The van der Waals surface area contributed by atoms with Gasteiger partial charge in [-0.2, -0.15) is 0 Å². The average Bonchev–Trinajstić information content (AvgIpc) is 2.43. The summed E-state index contributed by atoms with van der Waals surface area (Å²) >= 11 is 0. The van der Waals surface area contributed by atoms with E-state index in [1.165, 1.54) is 64.7 Å². The summed E-state index contributed by atoms with van der Waals surface area (Å²) in [6.45, 7) is 8.37. The number of nitrogens with zero attached hydrogens (tertiary/aromatic N) is 2. The minimum absolute atomic E-state index is 0.431. The van der Waals surface area contributed by atoms with Crippen LogP contribution in [0, 0.1) is 17.3 Å². The first-order chi connectivity index (χ1) is 9.53. The lowest BCUT2D eigenvalue weighted by Crippen LogP contribution is -2.47. The van der Waals surface area contributed by atoms with Crippen molar-refractivity contribution in [3.8, 4) is 0 Å². The Bertz CT molecular complexity index is 274. The number of nitrogens with two attached hydrogens (primary N) is 1. The molecule has 118 valence electrons. The lowest BCUT2D eigenvalue weighted by Gasteiger charge is -2.44. The smallest absolute Gasteiger partial charge is 0.00501 e. The average molecular weight is 281 g/mol. The van der Waals surface area contributed by atoms with Crippen LogP contribution in [0.2, 0.25) is 0 Å². The van der Waals surface area contributed by atoms with E-state index in [0.717, 1.165) is 18.4 Å². The second kappa shape index (κ2) is 7.24. The van der Waals surface area contributed by atoms with Crippen molar-refractivity contribution in [3.63, 3.8) is 0 Å². The van der Waals surface area contributed by atoms with Crippen LogP contribution in [0.3, 0.4) is 0 Å². The van der Waals surface area contributed by atoms with Gasteiger partial charge in [0.05, 0.1) is 0 Å². The number of hydrogen-bond acceptors (Lipinski definition) is 3. The van der Waals surface area contributed by atoms with Crippen LogP contribution in [0.5, 0.6) is 0 Å². The Morgan fingerprint density at radius 1 is 1.10 bits per heavy atom. The fourth-order valence-electron chi connectivity index (χ4n) is 4.12. The molecule has 0 aromatic rings. The molecule has 2 rings (SSSR count). The minimum atomic E-state index is 0.431. The summed E-state index contributed by atoms with van der Waals surface area (Å²) in [5.74, 6) is 1.82. The van der Waals surface area contributed by atoms with Gasteiger partial charge in [-0.15, -0.1) is 0 Å². The molecule has 0 radical (unpaired) electrons. The Morgan fingerprint density at radius 2 is 1.70 bits per heavy atom. The molecule has 1 aliphatic heterocycles. The quantitative estimate of drug-likeness (QED) is 0.840. The maximum atomic E-state index is 6.16. The molecule has 0 spiro atoms. The molecular formula is C17H35N3. The Morgan fingerprint density at radius 3 is 2.20 bits per heavy atom. The zero-order valence-electron chi connectivity index (χ0n) is 13.9. The molecule has 0 bridgehead atoms. The molecular weight excluding hydrogens is 246 g/mol. The monoisotopic (exact) mass is 281 g/mol. The van der Waals surface area contributed by atoms with Gasteiger partial charge in [0.15, 0.2) is 0 Å². The largest absolute Gasteiger partial charge is 0.330 e. The topological polar surface area (TPSA) is 32.5 Å². The molecule has 0 unspecified atom stereocenters. The minimum Gasteiger partial charge on any atom is -0.330 e. The fraction of sp³-hybridized carbons (Fsp3) is 1.00. The molecule has 20 heavy (non-hydrogen) atoms. The highest BCUT2D eigenvalue weighted by molar-refractivity contribution is 4.89. The SMILES string of the molecule is CC1CCC(CN)(CN2CCC(CN(C)C)CC2)CC1.